The summed E-state index contributed by atoms with van der Waals surface area (Å²) < 4.78 is 81.5. The minimum absolute atomic E-state index is 0.0575. The number of rotatable bonds is 34. The third-order valence-electron chi connectivity index (χ3n) is 10.2. The van der Waals surface area contributed by atoms with Crippen molar-refractivity contribution in [1.29, 1.82) is 0 Å². The number of hydrogen-bond donors (Lipinski definition) is 8. The number of carbonyl (C=O) groups excluding carboxylic acids is 3. The smallest absolute Gasteiger partial charge is 0.471 e. The van der Waals surface area contributed by atoms with Crippen molar-refractivity contribution in [3.8, 4) is 11.1 Å². The first-order valence-electron chi connectivity index (χ1n) is 22.2. The second kappa shape index (κ2) is 30.5. The number of amides is 3. The lowest BCUT2D eigenvalue weighted by molar-refractivity contribution is -0.312. The molecule has 1 fully saturated rings. The number of carboxylic acids is 1. The molecule has 1 saturated heterocycles. The Morgan fingerprint density at radius 2 is 1.37 bits per heavy atom. The van der Waals surface area contributed by atoms with Crippen LogP contribution in [0.1, 0.15) is 17.7 Å². The van der Waals surface area contributed by atoms with E-state index in [4.69, 9.17) is 37.9 Å². The number of halogens is 3. The predicted molar refractivity (Wildman–Crippen MR) is 234 cm³/mol. The Morgan fingerprint density at radius 3 is 1.99 bits per heavy atom. The van der Waals surface area contributed by atoms with E-state index >= 15 is 0 Å². The van der Waals surface area contributed by atoms with E-state index in [0.717, 1.165) is 11.1 Å². The Bertz CT molecular complexity index is 2000. The third kappa shape index (κ3) is 20.2. The molecule has 70 heavy (non-hydrogen) atoms. The molecule has 1 aliphatic rings. The van der Waals surface area contributed by atoms with E-state index in [2.05, 4.69) is 20.9 Å². The number of aliphatic hydroxyl groups is 4. The fraction of sp³-hybridized carbons (Fsp3) is 0.591. The topological polar surface area (TPSA) is 310 Å². The predicted octanol–water partition coefficient (Wildman–Crippen LogP) is -1.27. The number of benzene rings is 2. The van der Waals surface area contributed by atoms with Gasteiger partial charge in [-0.3, -0.25) is 14.4 Å². The van der Waals surface area contributed by atoms with Crippen LogP contribution in [0.3, 0.4) is 0 Å². The van der Waals surface area contributed by atoms with Crippen molar-refractivity contribution in [3.63, 3.8) is 0 Å². The normalized spacial score (nSPS) is 19.0. The van der Waals surface area contributed by atoms with Gasteiger partial charge in [-0.1, -0.05) is 59.8 Å². The van der Waals surface area contributed by atoms with Crippen molar-refractivity contribution >= 4 is 23.7 Å². The van der Waals surface area contributed by atoms with Crippen LogP contribution in [0.5, 0.6) is 0 Å². The molecule has 0 unspecified atom stereocenters. The van der Waals surface area contributed by atoms with E-state index in [1.807, 2.05) is 42.5 Å². The van der Waals surface area contributed by atoms with Crippen LogP contribution < -0.4 is 16.0 Å². The fourth-order valence-electron chi connectivity index (χ4n) is 6.63. The first kappa shape index (κ1) is 57.3. The van der Waals surface area contributed by atoms with Crippen molar-refractivity contribution in [2.75, 3.05) is 99.0 Å². The van der Waals surface area contributed by atoms with Crippen LogP contribution in [0.2, 0.25) is 0 Å². The molecule has 1 aliphatic heterocycles. The maximum Gasteiger partial charge on any atom is 0.471 e. The Morgan fingerprint density at radius 1 is 0.786 bits per heavy atom. The van der Waals surface area contributed by atoms with Crippen LogP contribution in [0.4, 0.5) is 13.2 Å². The Kier molecular flexibility index (Phi) is 25.0. The van der Waals surface area contributed by atoms with Crippen molar-refractivity contribution < 1.29 is 95.8 Å². The van der Waals surface area contributed by atoms with Crippen molar-refractivity contribution in [2.45, 2.75) is 68.4 Å². The van der Waals surface area contributed by atoms with Gasteiger partial charge in [-0.2, -0.15) is 13.2 Å². The molecule has 0 aliphatic carbocycles. The lowest BCUT2D eigenvalue weighted by Crippen LogP contribution is -2.68. The third-order valence-corrected chi connectivity index (χ3v) is 10.2. The number of ether oxygens (including phenoxy) is 8. The van der Waals surface area contributed by atoms with Gasteiger partial charge in [-0.15, -0.1) is 5.10 Å². The summed E-state index contributed by atoms with van der Waals surface area (Å²) in [5.41, 5.74) is 3.20. The molecule has 2 aromatic carbocycles. The number of hydrogen-bond acceptors (Lipinski definition) is 18. The van der Waals surface area contributed by atoms with Gasteiger partial charge in [-0.25, -0.2) is 9.48 Å². The number of aliphatic carboxylic acids is 1. The second-order valence-corrected chi connectivity index (χ2v) is 15.5. The van der Waals surface area contributed by atoms with Gasteiger partial charge in [0.2, 0.25) is 11.8 Å². The zero-order valence-corrected chi connectivity index (χ0v) is 38.2. The van der Waals surface area contributed by atoms with Gasteiger partial charge in [0.25, 0.3) is 5.79 Å². The number of nitrogens with zero attached hydrogens (tertiary/aromatic N) is 3. The van der Waals surface area contributed by atoms with Crippen LogP contribution in [0.25, 0.3) is 11.1 Å². The number of nitrogens with one attached hydrogen (secondary N) is 3. The molecule has 0 saturated carbocycles. The standard InChI is InChI=1S/C44H61F3N6O17/c45-44(46,47)41(60)48-10-12-63-14-16-65-18-19-66-20-21-68-29-33-27-53(52-51-33)11-13-64-15-17-67-22-23-69-43(42(61)62)25-34(55)38(50-37(58)28-54)40(70-43)39(59)35(56)26-49-36(57)24-30-6-8-32(9-7-30)31-4-2-1-3-5-31/h1-9,27,34-35,38-40,54-56,59H,10-26,28-29H2,(H,48,60)(H,49,57)(H,50,58)(H,61,62)/t34-,35+,38+,39+,40+,43+/m0/s1. The van der Waals surface area contributed by atoms with E-state index in [1.54, 1.807) is 28.3 Å². The number of carboxylic acid groups (broad SMARTS) is 1. The number of aromatic nitrogens is 3. The van der Waals surface area contributed by atoms with Gasteiger partial charge in [0, 0.05) is 19.5 Å². The fourth-order valence-corrected chi connectivity index (χ4v) is 6.63. The summed E-state index contributed by atoms with van der Waals surface area (Å²) in [6.07, 6.45) is -11.3. The molecule has 6 atom stereocenters. The monoisotopic (exact) mass is 1000 g/mol. The maximum atomic E-state index is 12.8. The summed E-state index contributed by atoms with van der Waals surface area (Å²) in [4.78, 5) is 48.2. The first-order chi connectivity index (χ1) is 33.6. The summed E-state index contributed by atoms with van der Waals surface area (Å²) in [5, 5.41) is 67.2. The molecule has 8 N–H and O–H groups in total. The Balaban J connectivity index is 1.08. The summed E-state index contributed by atoms with van der Waals surface area (Å²) in [5.74, 6) is -7.74. The molecule has 0 radical (unpaired) electrons. The largest absolute Gasteiger partial charge is 0.477 e. The maximum absolute atomic E-state index is 12.8. The molecular weight excluding hydrogens is 942 g/mol. The molecule has 3 amide bonds. The molecule has 3 aromatic rings. The van der Waals surface area contributed by atoms with Crippen LogP contribution in [0, 0.1) is 0 Å². The number of alkyl halides is 3. The van der Waals surface area contributed by atoms with E-state index in [0.29, 0.717) is 17.8 Å². The van der Waals surface area contributed by atoms with Gasteiger partial charge in [0.05, 0.1) is 123 Å². The van der Waals surface area contributed by atoms with Gasteiger partial charge in [-0.05, 0) is 16.7 Å². The quantitative estimate of drug-likeness (QED) is 0.0324. The van der Waals surface area contributed by atoms with Crippen molar-refractivity contribution in [1.82, 2.24) is 30.9 Å². The molecule has 390 valence electrons. The van der Waals surface area contributed by atoms with E-state index < -0.39 is 85.7 Å². The van der Waals surface area contributed by atoms with Crippen molar-refractivity contribution in [3.05, 3.63) is 72.1 Å². The van der Waals surface area contributed by atoms with Crippen LogP contribution in [0.15, 0.2) is 60.8 Å². The van der Waals surface area contributed by atoms with Crippen LogP contribution >= 0.6 is 0 Å². The van der Waals surface area contributed by atoms with Crippen LogP contribution in [-0.2, 0) is 76.6 Å². The lowest BCUT2D eigenvalue weighted by atomic mass is 9.88. The van der Waals surface area contributed by atoms with E-state index in [9.17, 15) is 57.9 Å². The zero-order valence-electron chi connectivity index (χ0n) is 38.2. The summed E-state index contributed by atoms with van der Waals surface area (Å²) >= 11 is 0. The van der Waals surface area contributed by atoms with Gasteiger partial charge < -0.3 is 79.4 Å². The SMILES string of the molecule is O=C(Cc1ccc(-c2ccccc2)cc1)NC[C@@H](O)[C@@H](O)[C@@H]1O[C@@](OCCOCCOCCn2cc(COCCOCCOCCOCCNC(=O)C(F)(F)F)nn2)(C(=O)O)C[C@H](O)[C@H]1NC(=O)CO. The highest BCUT2D eigenvalue weighted by atomic mass is 19.4. The Hall–Kier alpha value is -5.23. The van der Waals surface area contributed by atoms with E-state index in [1.165, 1.54) is 0 Å². The Labute approximate surface area is 400 Å². The molecule has 26 heteroatoms. The summed E-state index contributed by atoms with van der Waals surface area (Å²) in [6.45, 7) is 0.0487. The number of aliphatic hydroxyl groups excluding tert-OH is 4. The molecule has 0 bridgehead atoms. The average molecular weight is 1000 g/mol. The summed E-state index contributed by atoms with van der Waals surface area (Å²) in [6, 6.07) is 15.4. The minimum atomic E-state index is -4.93. The molecule has 4 rings (SSSR count). The lowest BCUT2D eigenvalue weighted by Gasteiger charge is -2.46. The van der Waals surface area contributed by atoms with E-state index in [-0.39, 0.29) is 98.9 Å². The van der Waals surface area contributed by atoms with Gasteiger partial charge in [0.1, 0.15) is 24.5 Å². The average Bonchev–Trinajstić information content (AvgIpc) is 3.80. The van der Waals surface area contributed by atoms with Gasteiger partial charge >= 0.3 is 18.1 Å². The molecule has 0 spiro atoms. The summed E-state index contributed by atoms with van der Waals surface area (Å²) in [7, 11) is 0. The first-order valence-corrected chi connectivity index (χ1v) is 22.2. The molecule has 23 nitrogen and oxygen atoms in total. The van der Waals surface area contributed by atoms with Crippen LogP contribution in [-0.4, -0.2) is 206 Å². The highest BCUT2D eigenvalue weighted by Crippen LogP contribution is 2.33. The highest BCUT2D eigenvalue weighted by Gasteiger charge is 2.56. The van der Waals surface area contributed by atoms with Gasteiger partial charge in [0.15, 0.2) is 0 Å². The molecule has 1 aromatic heterocycles. The number of carbonyl (C=O) groups is 4. The second-order valence-electron chi connectivity index (χ2n) is 15.5. The molecular formula is C44H61F3N6O17. The minimum Gasteiger partial charge on any atom is -0.477 e. The van der Waals surface area contributed by atoms with Crippen molar-refractivity contribution in [2.24, 2.45) is 0 Å². The molecule has 2 heterocycles. The highest BCUT2D eigenvalue weighted by molar-refractivity contribution is 5.81. The zero-order chi connectivity index (χ0) is 50.8.